The average Bonchev–Trinajstić information content (AvgIpc) is 2.46. The third-order valence-electron chi connectivity index (χ3n) is 3.70. The Bertz CT molecular complexity index is 485. The number of likely N-dealkylation sites (N-methyl/N-ethyl adjacent to an activating group) is 1. The van der Waals surface area contributed by atoms with Crippen molar-refractivity contribution < 1.29 is 0 Å². The van der Waals surface area contributed by atoms with Gasteiger partial charge in [0.1, 0.15) is 0 Å². The van der Waals surface area contributed by atoms with Crippen molar-refractivity contribution in [2.75, 3.05) is 13.6 Å². The smallest absolute Gasteiger partial charge is 0.00356 e. The molecular weight excluding hydrogens is 230 g/mol. The zero-order valence-electron chi connectivity index (χ0n) is 12.1. The summed E-state index contributed by atoms with van der Waals surface area (Å²) in [6.07, 6.45) is 1.11. The maximum absolute atomic E-state index is 2.38. The lowest BCUT2D eigenvalue weighted by Crippen LogP contribution is -2.28. The van der Waals surface area contributed by atoms with E-state index in [1.807, 2.05) is 0 Å². The van der Waals surface area contributed by atoms with Gasteiger partial charge in [-0.1, -0.05) is 54.6 Å². The van der Waals surface area contributed by atoms with Crippen LogP contribution in [0.1, 0.15) is 19.4 Å². The highest BCUT2D eigenvalue weighted by atomic mass is 15.1. The van der Waals surface area contributed by atoms with Gasteiger partial charge in [-0.15, -0.1) is 0 Å². The van der Waals surface area contributed by atoms with Crippen molar-refractivity contribution in [3.8, 4) is 11.1 Å². The van der Waals surface area contributed by atoms with E-state index in [1.54, 1.807) is 0 Å². The fourth-order valence-corrected chi connectivity index (χ4v) is 2.06. The zero-order valence-corrected chi connectivity index (χ0v) is 12.1. The summed E-state index contributed by atoms with van der Waals surface area (Å²) in [4.78, 5) is 2.38. The summed E-state index contributed by atoms with van der Waals surface area (Å²) >= 11 is 0. The Labute approximate surface area is 116 Å². The van der Waals surface area contributed by atoms with Crippen LogP contribution in [-0.4, -0.2) is 24.5 Å². The number of benzene rings is 2. The molecule has 19 heavy (non-hydrogen) atoms. The minimum absolute atomic E-state index is 0.614. The van der Waals surface area contributed by atoms with E-state index >= 15 is 0 Å². The molecule has 0 fully saturated rings. The van der Waals surface area contributed by atoms with Crippen LogP contribution in [0.2, 0.25) is 0 Å². The molecule has 0 unspecified atom stereocenters. The molecule has 2 rings (SSSR count). The first kappa shape index (κ1) is 13.8. The van der Waals surface area contributed by atoms with Crippen molar-refractivity contribution in [2.45, 2.75) is 26.3 Å². The van der Waals surface area contributed by atoms with Crippen LogP contribution < -0.4 is 0 Å². The van der Waals surface area contributed by atoms with Crippen LogP contribution in [0.5, 0.6) is 0 Å². The topological polar surface area (TPSA) is 3.24 Å². The minimum atomic E-state index is 0.614. The van der Waals surface area contributed by atoms with E-state index in [0.29, 0.717) is 6.04 Å². The number of rotatable bonds is 5. The van der Waals surface area contributed by atoms with Gasteiger partial charge in [-0.2, -0.15) is 0 Å². The quantitative estimate of drug-likeness (QED) is 0.770. The van der Waals surface area contributed by atoms with Gasteiger partial charge >= 0.3 is 0 Å². The SMILES string of the molecule is CC(C)N(C)CCc1ccc(-c2ccccc2)cc1. The number of nitrogens with zero attached hydrogens (tertiary/aromatic N) is 1. The molecule has 1 heteroatoms. The van der Waals surface area contributed by atoms with Gasteiger partial charge in [0.2, 0.25) is 0 Å². The second-order valence-electron chi connectivity index (χ2n) is 5.39. The first-order valence-corrected chi connectivity index (χ1v) is 7.01. The van der Waals surface area contributed by atoms with Crippen LogP contribution in [0.4, 0.5) is 0 Å². The van der Waals surface area contributed by atoms with E-state index in [0.717, 1.165) is 13.0 Å². The molecule has 0 aliphatic rings. The van der Waals surface area contributed by atoms with Crippen molar-refractivity contribution >= 4 is 0 Å². The van der Waals surface area contributed by atoms with Gasteiger partial charge in [-0.05, 0) is 44.0 Å². The van der Waals surface area contributed by atoms with Crippen LogP contribution >= 0.6 is 0 Å². The summed E-state index contributed by atoms with van der Waals surface area (Å²) in [5.74, 6) is 0. The second-order valence-corrected chi connectivity index (χ2v) is 5.39. The van der Waals surface area contributed by atoms with Crippen LogP contribution in [0.25, 0.3) is 11.1 Å². The Morgan fingerprint density at radius 1 is 0.842 bits per heavy atom. The molecule has 100 valence electrons. The third kappa shape index (κ3) is 3.93. The van der Waals surface area contributed by atoms with Gasteiger partial charge in [0, 0.05) is 12.6 Å². The maximum Gasteiger partial charge on any atom is 0.00356 e. The molecular formula is C18H23N. The summed E-state index contributed by atoms with van der Waals surface area (Å²) in [6.45, 7) is 5.58. The monoisotopic (exact) mass is 253 g/mol. The van der Waals surface area contributed by atoms with E-state index in [4.69, 9.17) is 0 Å². The molecule has 0 N–H and O–H groups in total. The Kier molecular flexibility index (Phi) is 4.75. The molecule has 0 radical (unpaired) electrons. The molecule has 0 amide bonds. The summed E-state index contributed by atoms with van der Waals surface area (Å²) in [6, 6.07) is 20.1. The standard InChI is InChI=1S/C18H23N/c1-15(2)19(3)14-13-16-9-11-18(12-10-16)17-7-5-4-6-8-17/h4-12,15H,13-14H2,1-3H3. The van der Waals surface area contributed by atoms with Crippen molar-refractivity contribution in [1.29, 1.82) is 0 Å². The zero-order chi connectivity index (χ0) is 13.7. The average molecular weight is 253 g/mol. The van der Waals surface area contributed by atoms with E-state index < -0.39 is 0 Å². The highest BCUT2D eigenvalue weighted by Gasteiger charge is 2.03. The van der Waals surface area contributed by atoms with Crippen molar-refractivity contribution in [3.63, 3.8) is 0 Å². The normalized spacial score (nSPS) is 11.2. The summed E-state index contributed by atoms with van der Waals surface area (Å²) in [5.41, 5.74) is 3.99. The Morgan fingerprint density at radius 3 is 2.00 bits per heavy atom. The summed E-state index contributed by atoms with van der Waals surface area (Å²) < 4.78 is 0. The molecule has 0 aliphatic carbocycles. The highest BCUT2D eigenvalue weighted by molar-refractivity contribution is 5.63. The van der Waals surface area contributed by atoms with Gasteiger partial charge in [0.25, 0.3) is 0 Å². The maximum atomic E-state index is 2.38. The first-order chi connectivity index (χ1) is 9.16. The lowest BCUT2D eigenvalue weighted by Gasteiger charge is -2.20. The van der Waals surface area contributed by atoms with E-state index in [-0.39, 0.29) is 0 Å². The Hall–Kier alpha value is -1.60. The molecule has 0 aliphatic heterocycles. The predicted octanol–water partition coefficient (Wildman–Crippen LogP) is 4.24. The lowest BCUT2D eigenvalue weighted by molar-refractivity contribution is 0.277. The highest BCUT2D eigenvalue weighted by Crippen LogP contribution is 2.19. The van der Waals surface area contributed by atoms with Crippen LogP contribution in [0, 0.1) is 0 Å². The Balaban J connectivity index is 1.99. The number of hydrogen-bond acceptors (Lipinski definition) is 1. The molecule has 0 heterocycles. The fraction of sp³-hybridized carbons (Fsp3) is 0.333. The van der Waals surface area contributed by atoms with E-state index in [2.05, 4.69) is 80.4 Å². The molecule has 2 aromatic carbocycles. The van der Waals surface area contributed by atoms with Gasteiger partial charge < -0.3 is 4.90 Å². The molecule has 0 aromatic heterocycles. The summed E-state index contributed by atoms with van der Waals surface area (Å²) in [5, 5.41) is 0. The largest absolute Gasteiger partial charge is 0.304 e. The van der Waals surface area contributed by atoms with Crippen LogP contribution in [0.3, 0.4) is 0 Å². The molecule has 0 saturated heterocycles. The molecule has 0 atom stereocenters. The van der Waals surface area contributed by atoms with Crippen LogP contribution in [-0.2, 0) is 6.42 Å². The van der Waals surface area contributed by atoms with E-state index in [1.165, 1.54) is 16.7 Å². The Morgan fingerprint density at radius 2 is 1.42 bits per heavy atom. The van der Waals surface area contributed by atoms with Gasteiger partial charge in [-0.25, -0.2) is 0 Å². The van der Waals surface area contributed by atoms with Crippen molar-refractivity contribution in [3.05, 3.63) is 60.2 Å². The second kappa shape index (κ2) is 6.53. The minimum Gasteiger partial charge on any atom is -0.304 e. The van der Waals surface area contributed by atoms with E-state index in [9.17, 15) is 0 Å². The summed E-state index contributed by atoms with van der Waals surface area (Å²) in [7, 11) is 2.18. The van der Waals surface area contributed by atoms with Crippen molar-refractivity contribution in [2.24, 2.45) is 0 Å². The molecule has 0 spiro atoms. The third-order valence-corrected chi connectivity index (χ3v) is 3.70. The fourth-order valence-electron chi connectivity index (χ4n) is 2.06. The predicted molar refractivity (Wildman–Crippen MR) is 83.3 cm³/mol. The molecule has 1 nitrogen and oxygen atoms in total. The molecule has 0 saturated carbocycles. The van der Waals surface area contributed by atoms with Crippen LogP contribution in [0.15, 0.2) is 54.6 Å². The van der Waals surface area contributed by atoms with Crippen molar-refractivity contribution in [1.82, 2.24) is 4.90 Å². The lowest BCUT2D eigenvalue weighted by atomic mass is 10.0. The first-order valence-electron chi connectivity index (χ1n) is 7.01. The van der Waals surface area contributed by atoms with Gasteiger partial charge in [0.05, 0.1) is 0 Å². The molecule has 0 bridgehead atoms. The van der Waals surface area contributed by atoms with Gasteiger partial charge in [0.15, 0.2) is 0 Å². The number of hydrogen-bond donors (Lipinski definition) is 0. The molecule has 2 aromatic rings. The van der Waals surface area contributed by atoms with Gasteiger partial charge in [-0.3, -0.25) is 0 Å².